The maximum atomic E-state index is 5.93. The van der Waals surface area contributed by atoms with E-state index in [0.717, 1.165) is 17.2 Å². The van der Waals surface area contributed by atoms with Crippen molar-refractivity contribution in [1.29, 1.82) is 0 Å². The molecular weight excluding hydrogens is 260 g/mol. The topological polar surface area (TPSA) is 47.1 Å². The van der Waals surface area contributed by atoms with Crippen LogP contribution < -0.4 is 5.73 Å². The Bertz CT molecular complexity index is 669. The van der Waals surface area contributed by atoms with E-state index in [1.54, 1.807) is 0 Å². The van der Waals surface area contributed by atoms with Gasteiger partial charge in [0.05, 0.1) is 11.0 Å². The fourth-order valence-corrected chi connectivity index (χ4v) is 3.68. The van der Waals surface area contributed by atoms with Gasteiger partial charge in [0, 0.05) is 36.8 Å². The highest BCUT2D eigenvalue weighted by atomic mass is 15.3. The number of hydrogen-bond acceptors (Lipinski definition) is 3. The highest BCUT2D eigenvalue weighted by Crippen LogP contribution is 2.36. The Balaban J connectivity index is 1.76. The normalized spacial score (nSPS) is 23.5. The second-order valence-electron chi connectivity index (χ2n) is 6.91. The lowest BCUT2D eigenvalue weighted by molar-refractivity contribution is 0.313. The van der Waals surface area contributed by atoms with Crippen LogP contribution in [0.5, 0.6) is 0 Å². The first kappa shape index (κ1) is 13.1. The van der Waals surface area contributed by atoms with Gasteiger partial charge < -0.3 is 10.3 Å². The summed E-state index contributed by atoms with van der Waals surface area (Å²) < 4.78 is 2.49. The maximum Gasteiger partial charge on any atom is 0.112 e. The van der Waals surface area contributed by atoms with Crippen molar-refractivity contribution in [3.8, 4) is 0 Å². The second-order valence-corrected chi connectivity index (χ2v) is 6.91. The molecule has 1 aliphatic heterocycles. The zero-order valence-corrected chi connectivity index (χ0v) is 12.9. The number of imidazole rings is 1. The molecule has 2 N–H and O–H groups in total. The molecule has 112 valence electrons. The third kappa shape index (κ3) is 2.22. The number of aromatic nitrogens is 2. The van der Waals surface area contributed by atoms with Crippen molar-refractivity contribution in [2.75, 3.05) is 18.8 Å². The van der Waals surface area contributed by atoms with Gasteiger partial charge in [-0.15, -0.1) is 0 Å². The highest BCUT2D eigenvalue weighted by molar-refractivity contribution is 5.80. The Morgan fingerprint density at radius 1 is 1.19 bits per heavy atom. The highest BCUT2D eigenvalue weighted by Gasteiger charge is 2.36. The van der Waals surface area contributed by atoms with Gasteiger partial charge in [-0.3, -0.25) is 4.90 Å². The zero-order valence-electron chi connectivity index (χ0n) is 12.9. The fourth-order valence-electron chi connectivity index (χ4n) is 3.68. The van der Waals surface area contributed by atoms with Gasteiger partial charge in [-0.2, -0.15) is 0 Å². The molecule has 1 saturated heterocycles. The summed E-state index contributed by atoms with van der Waals surface area (Å²) in [6.07, 6.45) is 4.03. The summed E-state index contributed by atoms with van der Waals surface area (Å²) >= 11 is 0. The lowest BCUT2D eigenvalue weighted by Gasteiger charge is -2.20. The number of nitrogens with zero attached hydrogens (tertiary/aromatic N) is 3. The van der Waals surface area contributed by atoms with E-state index in [0.29, 0.717) is 12.0 Å². The molecule has 2 aromatic rings. The van der Waals surface area contributed by atoms with Gasteiger partial charge in [0.25, 0.3) is 0 Å². The van der Waals surface area contributed by atoms with Crippen molar-refractivity contribution in [3.63, 3.8) is 0 Å². The largest absolute Gasteiger partial charge is 0.399 e. The third-order valence-corrected chi connectivity index (χ3v) is 4.88. The van der Waals surface area contributed by atoms with Gasteiger partial charge in [0.1, 0.15) is 5.82 Å². The van der Waals surface area contributed by atoms with Crippen LogP contribution in [0.1, 0.15) is 50.9 Å². The smallest absolute Gasteiger partial charge is 0.112 e. The van der Waals surface area contributed by atoms with Crippen LogP contribution in [0.2, 0.25) is 0 Å². The van der Waals surface area contributed by atoms with Crippen molar-refractivity contribution < 1.29 is 0 Å². The number of rotatable bonds is 3. The summed E-state index contributed by atoms with van der Waals surface area (Å²) in [5.74, 6) is 1.65. The predicted molar refractivity (Wildman–Crippen MR) is 86.5 cm³/mol. The van der Waals surface area contributed by atoms with Gasteiger partial charge in [-0.05, 0) is 37.5 Å². The summed E-state index contributed by atoms with van der Waals surface area (Å²) in [6.45, 7) is 6.88. The molecule has 4 nitrogen and oxygen atoms in total. The van der Waals surface area contributed by atoms with E-state index in [4.69, 9.17) is 10.7 Å². The first-order chi connectivity index (χ1) is 10.1. The number of anilines is 1. The lowest BCUT2D eigenvalue weighted by Crippen LogP contribution is -2.24. The molecule has 4 rings (SSSR count). The summed E-state index contributed by atoms with van der Waals surface area (Å²) in [6, 6.07) is 7.58. The van der Waals surface area contributed by atoms with E-state index < -0.39 is 0 Å². The quantitative estimate of drug-likeness (QED) is 0.881. The summed E-state index contributed by atoms with van der Waals surface area (Å²) in [5, 5.41) is 0. The van der Waals surface area contributed by atoms with E-state index in [2.05, 4.69) is 29.4 Å². The lowest BCUT2D eigenvalue weighted by atomic mass is 10.1. The van der Waals surface area contributed by atoms with Crippen LogP contribution in [-0.2, 0) is 0 Å². The van der Waals surface area contributed by atoms with Gasteiger partial charge in [-0.1, -0.05) is 13.8 Å². The first-order valence-electron chi connectivity index (χ1n) is 8.15. The van der Waals surface area contributed by atoms with Gasteiger partial charge in [0.15, 0.2) is 0 Å². The summed E-state index contributed by atoms with van der Waals surface area (Å²) in [5.41, 5.74) is 9.02. The molecule has 0 bridgehead atoms. The van der Waals surface area contributed by atoms with Crippen molar-refractivity contribution in [2.45, 2.75) is 51.1 Å². The van der Waals surface area contributed by atoms with E-state index in [1.807, 2.05) is 12.1 Å². The molecule has 4 heteroatoms. The second kappa shape index (κ2) is 4.73. The van der Waals surface area contributed by atoms with Crippen molar-refractivity contribution in [2.24, 2.45) is 0 Å². The van der Waals surface area contributed by atoms with Gasteiger partial charge >= 0.3 is 0 Å². The Labute approximate surface area is 125 Å². The van der Waals surface area contributed by atoms with Gasteiger partial charge in [-0.25, -0.2) is 4.98 Å². The number of nitrogens with two attached hydrogens (primary N) is 1. The predicted octanol–water partition coefficient (Wildman–Crippen LogP) is 3.15. The Morgan fingerprint density at radius 3 is 2.71 bits per heavy atom. The van der Waals surface area contributed by atoms with Crippen molar-refractivity contribution >= 4 is 16.7 Å². The molecule has 21 heavy (non-hydrogen) atoms. The van der Waals surface area contributed by atoms with E-state index in [1.165, 1.54) is 43.7 Å². The standard InChI is InChI=1S/C17H24N4/c1-11(2)17-19-15-9-12(18)3-6-16(15)21(17)14-7-8-20(10-14)13-4-5-13/h3,6,9,11,13-14H,4-5,7-8,10,18H2,1-2H3. The molecule has 0 radical (unpaired) electrons. The number of hydrogen-bond donors (Lipinski definition) is 1. The monoisotopic (exact) mass is 284 g/mol. The molecule has 1 atom stereocenters. The molecule has 2 fully saturated rings. The minimum atomic E-state index is 0.439. The number of benzene rings is 1. The fraction of sp³-hybridized carbons (Fsp3) is 0.588. The first-order valence-corrected chi connectivity index (χ1v) is 8.15. The van der Waals surface area contributed by atoms with Crippen LogP contribution in [0.4, 0.5) is 5.69 Å². The molecular formula is C17H24N4. The molecule has 1 aliphatic carbocycles. The summed E-state index contributed by atoms with van der Waals surface area (Å²) in [4.78, 5) is 7.53. The summed E-state index contributed by atoms with van der Waals surface area (Å²) in [7, 11) is 0. The van der Waals surface area contributed by atoms with Crippen LogP contribution in [0, 0.1) is 0 Å². The Morgan fingerprint density at radius 2 is 2.00 bits per heavy atom. The van der Waals surface area contributed by atoms with Crippen molar-refractivity contribution in [3.05, 3.63) is 24.0 Å². The Kier molecular flexibility index (Phi) is 2.96. The maximum absolute atomic E-state index is 5.93. The molecule has 2 heterocycles. The molecule has 1 aromatic heterocycles. The van der Waals surface area contributed by atoms with E-state index >= 15 is 0 Å². The SMILES string of the molecule is CC(C)c1nc2cc(N)ccc2n1C1CCN(C2CC2)C1. The van der Waals surface area contributed by atoms with Crippen LogP contribution in [0.3, 0.4) is 0 Å². The number of nitrogen functional groups attached to an aromatic ring is 1. The molecule has 0 spiro atoms. The van der Waals surface area contributed by atoms with Gasteiger partial charge in [0.2, 0.25) is 0 Å². The van der Waals surface area contributed by atoms with E-state index in [-0.39, 0.29) is 0 Å². The molecule has 0 amide bonds. The Hall–Kier alpha value is -1.55. The minimum absolute atomic E-state index is 0.439. The average Bonchev–Trinajstić information content (AvgIpc) is 3.06. The van der Waals surface area contributed by atoms with Crippen LogP contribution in [-0.4, -0.2) is 33.6 Å². The van der Waals surface area contributed by atoms with E-state index in [9.17, 15) is 0 Å². The molecule has 2 aliphatic rings. The number of fused-ring (bicyclic) bond motifs is 1. The van der Waals surface area contributed by atoms with Crippen LogP contribution >= 0.6 is 0 Å². The minimum Gasteiger partial charge on any atom is -0.399 e. The molecule has 1 saturated carbocycles. The van der Waals surface area contributed by atoms with Crippen LogP contribution in [0.15, 0.2) is 18.2 Å². The molecule has 1 aromatic carbocycles. The average molecular weight is 284 g/mol. The third-order valence-electron chi connectivity index (χ3n) is 4.88. The van der Waals surface area contributed by atoms with Crippen molar-refractivity contribution in [1.82, 2.24) is 14.5 Å². The van der Waals surface area contributed by atoms with Crippen LogP contribution in [0.25, 0.3) is 11.0 Å². The number of likely N-dealkylation sites (tertiary alicyclic amines) is 1. The molecule has 1 unspecified atom stereocenters. The zero-order chi connectivity index (χ0) is 14.6.